The first-order chi connectivity index (χ1) is 7.24. The molecule has 2 heteroatoms. The highest BCUT2D eigenvalue weighted by Gasteiger charge is 1.99. The van der Waals surface area contributed by atoms with Gasteiger partial charge in [-0.25, -0.2) is 4.39 Å². The van der Waals surface area contributed by atoms with Crippen LogP contribution in [0.25, 0.3) is 0 Å². The summed E-state index contributed by atoms with van der Waals surface area (Å²) in [5, 5.41) is 3.35. The molecule has 1 rings (SSSR count). The van der Waals surface area contributed by atoms with E-state index < -0.39 is 0 Å². The highest BCUT2D eigenvalue weighted by molar-refractivity contribution is 5.26. The minimum absolute atomic E-state index is 0.128. The lowest BCUT2D eigenvalue weighted by Crippen LogP contribution is -2.16. The zero-order valence-corrected chi connectivity index (χ0v) is 9.65. The molecule has 1 nitrogen and oxygen atoms in total. The molecule has 0 amide bonds. The summed E-state index contributed by atoms with van der Waals surface area (Å²) >= 11 is 0. The molecule has 0 heterocycles. The fourth-order valence-electron chi connectivity index (χ4n) is 1.61. The highest BCUT2D eigenvalue weighted by atomic mass is 19.1. The summed E-state index contributed by atoms with van der Waals surface area (Å²) in [4.78, 5) is 0. The van der Waals surface area contributed by atoms with E-state index >= 15 is 0 Å². The Bertz CT molecular complexity index is 297. The number of nitrogens with one attached hydrogen (secondary N) is 1. The Kier molecular flexibility index (Phi) is 5.33. The summed E-state index contributed by atoms with van der Waals surface area (Å²) < 4.78 is 13.0. The van der Waals surface area contributed by atoms with Crippen molar-refractivity contribution in [2.75, 3.05) is 13.1 Å². The fraction of sp³-hybridized carbons (Fsp3) is 0.538. The van der Waals surface area contributed by atoms with Gasteiger partial charge in [0, 0.05) is 0 Å². The molecule has 0 fully saturated rings. The molecule has 0 aliphatic carbocycles. The van der Waals surface area contributed by atoms with Crippen molar-refractivity contribution in [3.05, 3.63) is 35.1 Å². The third-order valence-electron chi connectivity index (χ3n) is 2.54. The van der Waals surface area contributed by atoms with E-state index in [0.29, 0.717) is 0 Å². The summed E-state index contributed by atoms with van der Waals surface area (Å²) in [6.45, 7) is 6.28. The van der Waals surface area contributed by atoms with Crippen LogP contribution >= 0.6 is 0 Å². The van der Waals surface area contributed by atoms with E-state index in [1.54, 1.807) is 6.07 Å². The molecule has 0 unspecified atom stereocenters. The summed E-state index contributed by atoms with van der Waals surface area (Å²) in [5.74, 6) is -0.128. The first-order valence-corrected chi connectivity index (χ1v) is 5.69. The fourth-order valence-corrected chi connectivity index (χ4v) is 1.61. The lowest BCUT2D eigenvalue weighted by molar-refractivity contribution is 0.617. The monoisotopic (exact) mass is 209 g/mol. The average molecular weight is 209 g/mol. The third kappa shape index (κ3) is 4.43. The molecular weight excluding hydrogens is 189 g/mol. The molecule has 15 heavy (non-hydrogen) atoms. The molecule has 0 saturated heterocycles. The minimum atomic E-state index is -0.128. The van der Waals surface area contributed by atoms with Gasteiger partial charge in [-0.3, -0.25) is 0 Å². The maximum Gasteiger partial charge on any atom is 0.123 e. The highest BCUT2D eigenvalue weighted by Crippen LogP contribution is 2.11. The Hall–Kier alpha value is -0.890. The standard InChI is InChI=1S/C13H20FN/c1-3-8-15-9-4-5-12-10-13(14)7-6-11(12)2/h6-7,10,15H,3-5,8-9H2,1-2H3. The normalized spacial score (nSPS) is 10.6. The SMILES string of the molecule is CCCNCCCc1cc(F)ccc1C. The van der Waals surface area contributed by atoms with Gasteiger partial charge in [-0.1, -0.05) is 13.0 Å². The Labute approximate surface area is 91.7 Å². The lowest BCUT2D eigenvalue weighted by Gasteiger charge is -2.06. The van der Waals surface area contributed by atoms with Gasteiger partial charge in [0.05, 0.1) is 0 Å². The molecule has 0 radical (unpaired) electrons. The van der Waals surface area contributed by atoms with Crippen molar-refractivity contribution in [1.82, 2.24) is 5.32 Å². The van der Waals surface area contributed by atoms with Crippen molar-refractivity contribution < 1.29 is 4.39 Å². The molecule has 1 aromatic carbocycles. The summed E-state index contributed by atoms with van der Waals surface area (Å²) in [6, 6.07) is 5.02. The Morgan fingerprint density at radius 3 is 2.80 bits per heavy atom. The van der Waals surface area contributed by atoms with Crippen LogP contribution in [0.5, 0.6) is 0 Å². The molecule has 0 aliphatic rings. The van der Waals surface area contributed by atoms with Crippen LogP contribution < -0.4 is 5.32 Å². The summed E-state index contributed by atoms with van der Waals surface area (Å²) in [7, 11) is 0. The first-order valence-electron chi connectivity index (χ1n) is 5.69. The molecule has 0 aromatic heterocycles. The van der Waals surface area contributed by atoms with Crippen molar-refractivity contribution in [2.45, 2.75) is 33.1 Å². The van der Waals surface area contributed by atoms with Gasteiger partial charge in [0.2, 0.25) is 0 Å². The van der Waals surface area contributed by atoms with Crippen LogP contribution in [0.4, 0.5) is 4.39 Å². The molecule has 1 aromatic rings. The second-order valence-corrected chi connectivity index (χ2v) is 3.92. The number of aryl methyl sites for hydroxylation is 2. The van der Waals surface area contributed by atoms with Gasteiger partial charge in [-0.15, -0.1) is 0 Å². The number of benzene rings is 1. The van der Waals surface area contributed by atoms with Crippen LogP contribution in [0.15, 0.2) is 18.2 Å². The van der Waals surface area contributed by atoms with Gasteiger partial charge in [0.1, 0.15) is 5.82 Å². The maximum atomic E-state index is 13.0. The average Bonchev–Trinajstić information content (AvgIpc) is 2.23. The van der Waals surface area contributed by atoms with E-state index in [9.17, 15) is 4.39 Å². The number of rotatable bonds is 6. The lowest BCUT2D eigenvalue weighted by atomic mass is 10.0. The van der Waals surface area contributed by atoms with Crippen molar-refractivity contribution >= 4 is 0 Å². The van der Waals surface area contributed by atoms with Crippen LogP contribution in [-0.4, -0.2) is 13.1 Å². The third-order valence-corrected chi connectivity index (χ3v) is 2.54. The minimum Gasteiger partial charge on any atom is -0.317 e. The van der Waals surface area contributed by atoms with Crippen LogP contribution in [0.3, 0.4) is 0 Å². The van der Waals surface area contributed by atoms with Gasteiger partial charge in [-0.05, 0) is 62.5 Å². The largest absolute Gasteiger partial charge is 0.317 e. The Morgan fingerprint density at radius 2 is 2.07 bits per heavy atom. The van der Waals surface area contributed by atoms with Gasteiger partial charge in [-0.2, -0.15) is 0 Å². The predicted octanol–water partition coefficient (Wildman–Crippen LogP) is 3.07. The van der Waals surface area contributed by atoms with Crippen molar-refractivity contribution in [2.24, 2.45) is 0 Å². The van der Waals surface area contributed by atoms with Crippen LogP contribution in [-0.2, 0) is 6.42 Å². The van der Waals surface area contributed by atoms with E-state index in [1.807, 2.05) is 13.0 Å². The van der Waals surface area contributed by atoms with Crippen molar-refractivity contribution in [1.29, 1.82) is 0 Å². The van der Waals surface area contributed by atoms with Crippen LogP contribution in [0.1, 0.15) is 30.9 Å². The summed E-state index contributed by atoms with van der Waals surface area (Å²) in [6.07, 6.45) is 3.20. The summed E-state index contributed by atoms with van der Waals surface area (Å²) in [5.41, 5.74) is 2.32. The predicted molar refractivity (Wildman–Crippen MR) is 62.6 cm³/mol. The van der Waals surface area contributed by atoms with Gasteiger partial charge >= 0.3 is 0 Å². The zero-order valence-electron chi connectivity index (χ0n) is 9.65. The second-order valence-electron chi connectivity index (χ2n) is 3.92. The van der Waals surface area contributed by atoms with Crippen LogP contribution in [0.2, 0.25) is 0 Å². The second kappa shape index (κ2) is 6.57. The quantitative estimate of drug-likeness (QED) is 0.710. The molecule has 0 aliphatic heterocycles. The topological polar surface area (TPSA) is 12.0 Å². The molecular formula is C13H20FN. The molecule has 0 saturated carbocycles. The van der Waals surface area contributed by atoms with Gasteiger partial charge in [0.25, 0.3) is 0 Å². The van der Waals surface area contributed by atoms with E-state index in [4.69, 9.17) is 0 Å². The van der Waals surface area contributed by atoms with Gasteiger partial charge < -0.3 is 5.32 Å². The van der Waals surface area contributed by atoms with Gasteiger partial charge in [0.15, 0.2) is 0 Å². The zero-order chi connectivity index (χ0) is 11.1. The number of hydrogen-bond donors (Lipinski definition) is 1. The smallest absolute Gasteiger partial charge is 0.123 e. The number of halogens is 1. The van der Waals surface area contributed by atoms with Crippen LogP contribution in [0, 0.1) is 12.7 Å². The first kappa shape index (κ1) is 12.2. The van der Waals surface area contributed by atoms with Crippen molar-refractivity contribution in [3.63, 3.8) is 0 Å². The van der Waals surface area contributed by atoms with E-state index in [1.165, 1.54) is 18.1 Å². The molecule has 0 bridgehead atoms. The molecule has 0 spiro atoms. The van der Waals surface area contributed by atoms with E-state index in [-0.39, 0.29) is 5.82 Å². The molecule has 0 atom stereocenters. The number of hydrogen-bond acceptors (Lipinski definition) is 1. The van der Waals surface area contributed by atoms with E-state index in [0.717, 1.165) is 31.5 Å². The molecule has 84 valence electrons. The Morgan fingerprint density at radius 1 is 1.27 bits per heavy atom. The van der Waals surface area contributed by atoms with Crippen molar-refractivity contribution in [3.8, 4) is 0 Å². The molecule has 1 N–H and O–H groups in total. The van der Waals surface area contributed by atoms with E-state index in [2.05, 4.69) is 12.2 Å². The Balaban J connectivity index is 2.33. The maximum absolute atomic E-state index is 13.0.